The zero-order chi connectivity index (χ0) is 23.0. The maximum absolute atomic E-state index is 12.3. The summed E-state index contributed by atoms with van der Waals surface area (Å²) in [6, 6.07) is 14.0. The summed E-state index contributed by atoms with van der Waals surface area (Å²) in [4.78, 5) is 23.9. The molecule has 2 atom stereocenters. The number of amides is 1. The van der Waals surface area contributed by atoms with Gasteiger partial charge in [0, 0.05) is 48.4 Å². The monoisotopic (exact) mass is 459 g/mol. The topological polar surface area (TPSA) is 108 Å². The van der Waals surface area contributed by atoms with Gasteiger partial charge in [-0.1, -0.05) is 30.3 Å². The first-order chi connectivity index (χ1) is 16.7. The highest BCUT2D eigenvalue weighted by Crippen LogP contribution is 2.48. The molecule has 1 amide bonds. The van der Waals surface area contributed by atoms with Crippen LogP contribution in [0.2, 0.25) is 0 Å². The fourth-order valence-corrected chi connectivity index (χ4v) is 5.25. The number of aromatic amines is 1. The van der Waals surface area contributed by atoms with E-state index in [1.165, 1.54) is 18.5 Å². The van der Waals surface area contributed by atoms with Crippen molar-refractivity contribution in [2.45, 2.75) is 50.7 Å². The van der Waals surface area contributed by atoms with E-state index in [0.717, 1.165) is 49.0 Å². The number of carbonyl (C=O) groups is 1. The predicted octanol–water partition coefficient (Wildman–Crippen LogP) is 4.11. The summed E-state index contributed by atoms with van der Waals surface area (Å²) in [6.45, 7) is 1.71. The van der Waals surface area contributed by atoms with Crippen LogP contribution in [0.25, 0.3) is 0 Å². The number of carbonyl (C=O) groups excluding carboxylic acids is 1. The number of H-pyrrole nitrogens is 1. The lowest BCUT2D eigenvalue weighted by Crippen LogP contribution is -2.42. The minimum Gasteiger partial charge on any atom is -0.445 e. The smallest absolute Gasteiger partial charge is 0.407 e. The van der Waals surface area contributed by atoms with Gasteiger partial charge in [0.05, 0.1) is 0 Å². The number of aromatic nitrogens is 4. The van der Waals surface area contributed by atoms with E-state index in [1.807, 2.05) is 36.4 Å². The summed E-state index contributed by atoms with van der Waals surface area (Å²) in [5, 5.41) is 13.8. The molecule has 9 heteroatoms. The maximum atomic E-state index is 12.3. The van der Waals surface area contributed by atoms with Crippen molar-refractivity contribution in [1.29, 1.82) is 0 Å². The molecule has 2 saturated carbocycles. The fraction of sp³-hybridized carbons (Fsp3) is 0.440. The Morgan fingerprint density at radius 2 is 2.06 bits per heavy atom. The number of anilines is 3. The molecule has 3 heterocycles. The average molecular weight is 460 g/mol. The molecule has 1 saturated heterocycles. The summed E-state index contributed by atoms with van der Waals surface area (Å²) < 4.78 is 5.39. The summed E-state index contributed by atoms with van der Waals surface area (Å²) in [6.07, 6.45) is 7.07. The Morgan fingerprint density at radius 3 is 2.91 bits per heavy atom. The van der Waals surface area contributed by atoms with Gasteiger partial charge in [0.2, 0.25) is 5.95 Å². The van der Waals surface area contributed by atoms with Gasteiger partial charge < -0.3 is 20.3 Å². The summed E-state index contributed by atoms with van der Waals surface area (Å²) >= 11 is 0. The molecule has 2 bridgehead atoms. The molecule has 2 unspecified atom stereocenters. The van der Waals surface area contributed by atoms with Crippen molar-refractivity contribution in [1.82, 2.24) is 25.5 Å². The standard InChI is InChI=1S/C25H29N7O2/c33-24(34-14-17-4-2-1-3-5-17)27-15-25-10-8-19(13-25)32(16-25)23-26-11-9-21(29-23)28-22-12-20(30-31-22)18-6-7-18/h1-5,9,11-12,18-19H,6-8,10,13-16H2,(H,27,33)(H2,26,28,29,30,31). The van der Waals surface area contributed by atoms with Gasteiger partial charge in [-0.2, -0.15) is 10.1 Å². The van der Waals surface area contributed by atoms with E-state index < -0.39 is 0 Å². The second-order valence-corrected chi connectivity index (χ2v) is 9.79. The molecule has 2 aliphatic carbocycles. The van der Waals surface area contributed by atoms with Crippen LogP contribution in [-0.2, 0) is 11.3 Å². The number of nitrogens with zero attached hydrogens (tertiary/aromatic N) is 4. The largest absolute Gasteiger partial charge is 0.445 e. The van der Waals surface area contributed by atoms with Crippen molar-refractivity contribution >= 4 is 23.7 Å². The van der Waals surface area contributed by atoms with Crippen LogP contribution in [0.15, 0.2) is 48.7 Å². The van der Waals surface area contributed by atoms with Gasteiger partial charge in [0.25, 0.3) is 0 Å². The van der Waals surface area contributed by atoms with Crippen LogP contribution in [0, 0.1) is 5.41 Å². The number of ether oxygens (including phenoxy) is 1. The second-order valence-electron chi connectivity index (χ2n) is 9.79. The van der Waals surface area contributed by atoms with Crippen molar-refractivity contribution in [3.63, 3.8) is 0 Å². The molecular weight excluding hydrogens is 430 g/mol. The Balaban J connectivity index is 1.05. The Morgan fingerprint density at radius 1 is 1.18 bits per heavy atom. The van der Waals surface area contributed by atoms with Gasteiger partial charge in [-0.05, 0) is 43.7 Å². The number of benzene rings is 1. The molecule has 34 heavy (non-hydrogen) atoms. The third-order valence-corrected chi connectivity index (χ3v) is 7.21. The highest BCUT2D eigenvalue weighted by Gasteiger charge is 2.50. The summed E-state index contributed by atoms with van der Waals surface area (Å²) in [5.74, 6) is 2.87. The van der Waals surface area contributed by atoms with Crippen molar-refractivity contribution in [3.8, 4) is 0 Å². The molecule has 1 aromatic carbocycles. The lowest BCUT2D eigenvalue weighted by Gasteiger charge is -2.32. The van der Waals surface area contributed by atoms with E-state index in [1.54, 1.807) is 6.20 Å². The number of alkyl carbamates (subject to hydrolysis) is 1. The molecule has 3 fully saturated rings. The van der Waals surface area contributed by atoms with Crippen LogP contribution < -0.4 is 15.5 Å². The highest BCUT2D eigenvalue weighted by molar-refractivity contribution is 5.67. The molecule has 1 aliphatic heterocycles. The molecular formula is C25H29N7O2. The lowest BCUT2D eigenvalue weighted by molar-refractivity contribution is 0.134. The first kappa shape index (κ1) is 20.9. The molecule has 3 aliphatic rings. The number of rotatable bonds is 8. The maximum Gasteiger partial charge on any atom is 0.407 e. The van der Waals surface area contributed by atoms with Crippen LogP contribution >= 0.6 is 0 Å². The van der Waals surface area contributed by atoms with Gasteiger partial charge in [0.15, 0.2) is 5.82 Å². The van der Waals surface area contributed by atoms with Gasteiger partial charge in [-0.15, -0.1) is 0 Å². The number of fused-ring (bicyclic) bond motifs is 2. The third-order valence-electron chi connectivity index (χ3n) is 7.21. The van der Waals surface area contributed by atoms with Gasteiger partial charge in [0.1, 0.15) is 12.4 Å². The van der Waals surface area contributed by atoms with E-state index >= 15 is 0 Å². The van der Waals surface area contributed by atoms with Crippen molar-refractivity contribution < 1.29 is 9.53 Å². The Hall–Kier alpha value is -3.62. The molecule has 6 rings (SSSR count). The predicted molar refractivity (Wildman–Crippen MR) is 128 cm³/mol. The fourth-order valence-electron chi connectivity index (χ4n) is 5.25. The van der Waals surface area contributed by atoms with Crippen LogP contribution in [0.1, 0.15) is 49.3 Å². The normalized spacial score (nSPS) is 23.2. The van der Waals surface area contributed by atoms with Gasteiger partial charge >= 0.3 is 6.09 Å². The SMILES string of the molecule is O=C(NCC12CCC(C1)N(c1nccc(Nc3cc(C4CC4)[nH]n3)n1)C2)OCc1ccccc1. The summed E-state index contributed by atoms with van der Waals surface area (Å²) in [5.41, 5.74) is 2.20. The average Bonchev–Trinajstić information content (AvgIpc) is 3.31. The summed E-state index contributed by atoms with van der Waals surface area (Å²) in [7, 11) is 0. The van der Waals surface area contributed by atoms with Gasteiger partial charge in [-0.25, -0.2) is 9.78 Å². The minimum absolute atomic E-state index is 0.0323. The number of nitrogens with one attached hydrogen (secondary N) is 3. The van der Waals surface area contributed by atoms with Crippen LogP contribution in [-0.4, -0.2) is 45.4 Å². The van der Waals surface area contributed by atoms with Crippen LogP contribution in [0.5, 0.6) is 0 Å². The zero-order valence-electron chi connectivity index (χ0n) is 19.0. The highest BCUT2D eigenvalue weighted by atomic mass is 16.5. The molecule has 9 nitrogen and oxygen atoms in total. The van der Waals surface area contributed by atoms with E-state index in [-0.39, 0.29) is 18.1 Å². The molecule has 3 N–H and O–H groups in total. The second kappa shape index (κ2) is 8.62. The zero-order valence-corrected chi connectivity index (χ0v) is 19.0. The van der Waals surface area contributed by atoms with Gasteiger partial charge in [-0.3, -0.25) is 5.10 Å². The molecule has 3 aromatic rings. The van der Waals surface area contributed by atoms with Crippen molar-refractivity contribution in [2.24, 2.45) is 5.41 Å². The third kappa shape index (κ3) is 4.42. The Labute approximate surface area is 198 Å². The molecule has 2 aromatic heterocycles. The number of hydrogen-bond acceptors (Lipinski definition) is 7. The Bertz CT molecular complexity index is 1160. The number of hydrogen-bond donors (Lipinski definition) is 3. The molecule has 0 spiro atoms. The lowest BCUT2D eigenvalue weighted by atomic mass is 9.87. The minimum atomic E-state index is -0.368. The van der Waals surface area contributed by atoms with Crippen LogP contribution in [0.4, 0.5) is 22.4 Å². The van der Waals surface area contributed by atoms with Crippen molar-refractivity contribution in [3.05, 3.63) is 59.9 Å². The molecule has 0 radical (unpaired) electrons. The first-order valence-corrected chi connectivity index (χ1v) is 12.0. The first-order valence-electron chi connectivity index (χ1n) is 12.0. The van der Waals surface area contributed by atoms with E-state index in [2.05, 4.69) is 36.8 Å². The van der Waals surface area contributed by atoms with Crippen LogP contribution in [0.3, 0.4) is 0 Å². The van der Waals surface area contributed by atoms with E-state index in [4.69, 9.17) is 9.72 Å². The Kier molecular flexibility index (Phi) is 5.31. The molecule has 176 valence electrons. The quantitative estimate of drug-likeness (QED) is 0.465. The van der Waals surface area contributed by atoms with E-state index in [0.29, 0.717) is 18.5 Å². The van der Waals surface area contributed by atoms with E-state index in [9.17, 15) is 4.79 Å². The van der Waals surface area contributed by atoms with Crippen molar-refractivity contribution in [2.75, 3.05) is 23.3 Å². The number of piperidine rings is 1.